The van der Waals surface area contributed by atoms with Gasteiger partial charge in [-0.05, 0) is 25.3 Å². The van der Waals surface area contributed by atoms with Crippen LogP contribution in [0.4, 0.5) is 4.79 Å². The van der Waals surface area contributed by atoms with E-state index in [0.29, 0.717) is 25.8 Å². The average molecular weight is 292 g/mol. The molecule has 1 aromatic rings. The quantitative estimate of drug-likeness (QED) is 0.797. The predicted molar refractivity (Wildman–Crippen MR) is 75.1 cm³/mol. The van der Waals surface area contributed by atoms with Gasteiger partial charge in [0.05, 0.1) is 0 Å². The number of nitrogens with one attached hydrogen (secondary N) is 1. The summed E-state index contributed by atoms with van der Waals surface area (Å²) in [6, 6.07) is 1.19. The average Bonchev–Trinajstić information content (AvgIpc) is 2.97. The minimum Gasteiger partial charge on any atom is -0.277 e. The maximum absolute atomic E-state index is 12.5. The van der Waals surface area contributed by atoms with Gasteiger partial charge in [0.2, 0.25) is 11.8 Å². The standard InChI is InChI=1S/C14H20N4O3/c1-3-14(4-2)11(19)16-13(21)18(12(14)20)10-6-9-17-8-5-7-15-17/h5,7-8H,3-4,6,9-10H2,1-2H3,(H,16,19,21). The highest BCUT2D eigenvalue weighted by Gasteiger charge is 2.51. The summed E-state index contributed by atoms with van der Waals surface area (Å²) in [6.45, 7) is 4.47. The van der Waals surface area contributed by atoms with Crippen LogP contribution in [0.1, 0.15) is 33.1 Å². The first-order valence-electron chi connectivity index (χ1n) is 7.20. The molecule has 7 heteroatoms. The largest absolute Gasteiger partial charge is 0.330 e. The Kier molecular flexibility index (Phi) is 4.40. The third-order valence-corrected chi connectivity index (χ3v) is 4.09. The van der Waals surface area contributed by atoms with Crippen molar-refractivity contribution in [3.63, 3.8) is 0 Å². The van der Waals surface area contributed by atoms with Gasteiger partial charge >= 0.3 is 6.03 Å². The molecule has 7 nitrogen and oxygen atoms in total. The van der Waals surface area contributed by atoms with Gasteiger partial charge in [0.1, 0.15) is 5.41 Å². The summed E-state index contributed by atoms with van der Waals surface area (Å²) in [4.78, 5) is 37.6. The predicted octanol–water partition coefficient (Wildman–Crippen LogP) is 1.16. The first-order valence-corrected chi connectivity index (χ1v) is 7.20. The first-order chi connectivity index (χ1) is 10.0. The summed E-state index contributed by atoms with van der Waals surface area (Å²) in [7, 11) is 0. The molecule has 0 aromatic carbocycles. The molecular weight excluding hydrogens is 272 g/mol. The highest BCUT2D eigenvalue weighted by Crippen LogP contribution is 2.32. The van der Waals surface area contributed by atoms with Gasteiger partial charge in [-0.25, -0.2) is 4.79 Å². The molecule has 1 fully saturated rings. The zero-order valence-corrected chi connectivity index (χ0v) is 12.3. The van der Waals surface area contributed by atoms with Crippen LogP contribution in [0.5, 0.6) is 0 Å². The molecule has 1 saturated heterocycles. The van der Waals surface area contributed by atoms with Gasteiger partial charge < -0.3 is 0 Å². The molecule has 0 atom stereocenters. The lowest BCUT2D eigenvalue weighted by Gasteiger charge is -2.38. The Bertz CT molecular complexity index is 534. The molecule has 1 aliphatic heterocycles. The molecule has 21 heavy (non-hydrogen) atoms. The Hall–Kier alpha value is -2.18. The smallest absolute Gasteiger partial charge is 0.277 e. The Morgan fingerprint density at radius 2 is 1.90 bits per heavy atom. The minimum atomic E-state index is -1.11. The third-order valence-electron chi connectivity index (χ3n) is 4.09. The van der Waals surface area contributed by atoms with Gasteiger partial charge in [0.25, 0.3) is 0 Å². The van der Waals surface area contributed by atoms with E-state index in [-0.39, 0.29) is 12.5 Å². The van der Waals surface area contributed by atoms with Crippen LogP contribution in [0.15, 0.2) is 18.5 Å². The molecule has 114 valence electrons. The number of hydrogen-bond acceptors (Lipinski definition) is 4. The zero-order chi connectivity index (χ0) is 15.5. The molecule has 1 aromatic heterocycles. The van der Waals surface area contributed by atoms with Crippen molar-refractivity contribution in [3.05, 3.63) is 18.5 Å². The number of barbiturate groups is 1. The topological polar surface area (TPSA) is 84.3 Å². The number of hydrogen-bond donors (Lipinski definition) is 1. The Balaban J connectivity index is 2.05. The molecular formula is C14H20N4O3. The monoisotopic (exact) mass is 292 g/mol. The first kappa shape index (κ1) is 15.2. The number of imide groups is 2. The zero-order valence-electron chi connectivity index (χ0n) is 12.3. The molecule has 0 saturated carbocycles. The maximum atomic E-state index is 12.5. The lowest BCUT2D eigenvalue weighted by Crippen LogP contribution is -2.63. The number of urea groups is 1. The van der Waals surface area contributed by atoms with Crippen LogP contribution >= 0.6 is 0 Å². The van der Waals surface area contributed by atoms with Crippen molar-refractivity contribution in [3.8, 4) is 0 Å². The van der Waals surface area contributed by atoms with E-state index in [1.165, 1.54) is 0 Å². The number of carbonyl (C=O) groups excluding carboxylic acids is 3. The Labute approximate surface area is 123 Å². The highest BCUT2D eigenvalue weighted by atomic mass is 16.2. The van der Waals surface area contributed by atoms with Crippen molar-refractivity contribution in [2.24, 2.45) is 5.41 Å². The minimum absolute atomic E-state index is 0.277. The van der Waals surface area contributed by atoms with Gasteiger partial charge in [-0.15, -0.1) is 0 Å². The number of aromatic nitrogens is 2. The van der Waals surface area contributed by atoms with Crippen molar-refractivity contribution in [2.45, 2.75) is 39.7 Å². The van der Waals surface area contributed by atoms with Gasteiger partial charge in [-0.3, -0.25) is 24.5 Å². The van der Waals surface area contributed by atoms with Crippen LogP contribution in [0.2, 0.25) is 0 Å². The fourth-order valence-electron chi connectivity index (χ4n) is 2.63. The fraction of sp³-hybridized carbons (Fsp3) is 0.571. The van der Waals surface area contributed by atoms with E-state index in [1.54, 1.807) is 24.7 Å². The Morgan fingerprint density at radius 3 is 2.48 bits per heavy atom. The fourth-order valence-corrected chi connectivity index (χ4v) is 2.63. The molecule has 2 heterocycles. The molecule has 0 bridgehead atoms. The summed E-state index contributed by atoms with van der Waals surface area (Å²) < 4.78 is 1.74. The van der Waals surface area contributed by atoms with Crippen molar-refractivity contribution in [1.82, 2.24) is 20.0 Å². The normalized spacial score (nSPS) is 18.0. The van der Waals surface area contributed by atoms with E-state index in [0.717, 1.165) is 4.90 Å². The highest BCUT2D eigenvalue weighted by molar-refractivity contribution is 6.19. The number of aryl methyl sites for hydroxylation is 1. The lowest BCUT2D eigenvalue weighted by molar-refractivity contribution is -0.152. The molecule has 4 amide bonds. The number of nitrogens with zero attached hydrogens (tertiary/aromatic N) is 3. The van der Waals surface area contributed by atoms with Gasteiger partial charge in [-0.2, -0.15) is 5.10 Å². The summed E-state index contributed by atoms with van der Waals surface area (Å²) in [6.07, 6.45) is 4.87. The van der Waals surface area contributed by atoms with Crippen LogP contribution in [-0.4, -0.2) is 39.1 Å². The summed E-state index contributed by atoms with van der Waals surface area (Å²) >= 11 is 0. The summed E-state index contributed by atoms with van der Waals surface area (Å²) in [5.74, 6) is -0.868. The van der Waals surface area contributed by atoms with Crippen LogP contribution in [0, 0.1) is 5.41 Å². The van der Waals surface area contributed by atoms with E-state index >= 15 is 0 Å². The van der Waals surface area contributed by atoms with Crippen molar-refractivity contribution in [2.75, 3.05) is 6.54 Å². The van der Waals surface area contributed by atoms with Crippen LogP contribution in [0.25, 0.3) is 0 Å². The van der Waals surface area contributed by atoms with E-state index in [9.17, 15) is 14.4 Å². The molecule has 1 N–H and O–H groups in total. The SMILES string of the molecule is CCC1(CC)C(=O)NC(=O)N(CCCn2cccn2)C1=O. The van der Waals surface area contributed by atoms with Crippen LogP contribution in [0.3, 0.4) is 0 Å². The molecule has 0 unspecified atom stereocenters. The number of amides is 4. The summed E-state index contributed by atoms with van der Waals surface area (Å²) in [5, 5.41) is 6.37. The van der Waals surface area contributed by atoms with E-state index in [1.807, 2.05) is 12.3 Å². The second-order valence-electron chi connectivity index (χ2n) is 5.13. The van der Waals surface area contributed by atoms with Gasteiger partial charge in [-0.1, -0.05) is 13.8 Å². The molecule has 0 radical (unpaired) electrons. The second kappa shape index (κ2) is 6.07. The summed E-state index contributed by atoms with van der Waals surface area (Å²) in [5.41, 5.74) is -1.11. The third kappa shape index (κ3) is 2.68. The number of rotatable bonds is 6. The number of carbonyl (C=O) groups is 3. The van der Waals surface area contributed by atoms with Gasteiger partial charge in [0.15, 0.2) is 0 Å². The van der Waals surface area contributed by atoms with E-state index in [4.69, 9.17) is 0 Å². The van der Waals surface area contributed by atoms with Crippen LogP contribution in [-0.2, 0) is 16.1 Å². The molecule has 1 aliphatic rings. The molecule has 0 spiro atoms. The van der Waals surface area contributed by atoms with E-state index in [2.05, 4.69) is 10.4 Å². The van der Waals surface area contributed by atoms with Crippen molar-refractivity contribution < 1.29 is 14.4 Å². The van der Waals surface area contributed by atoms with Gasteiger partial charge in [0, 0.05) is 25.5 Å². The second-order valence-corrected chi connectivity index (χ2v) is 5.13. The Morgan fingerprint density at radius 1 is 1.19 bits per heavy atom. The van der Waals surface area contributed by atoms with Crippen molar-refractivity contribution in [1.29, 1.82) is 0 Å². The maximum Gasteiger partial charge on any atom is 0.330 e. The van der Waals surface area contributed by atoms with E-state index < -0.39 is 17.4 Å². The molecule has 0 aliphatic carbocycles. The molecule has 2 rings (SSSR count). The van der Waals surface area contributed by atoms with Crippen LogP contribution < -0.4 is 5.32 Å². The lowest BCUT2D eigenvalue weighted by atomic mass is 9.78. The van der Waals surface area contributed by atoms with Crippen molar-refractivity contribution >= 4 is 17.8 Å².